The van der Waals surface area contributed by atoms with Crippen LogP contribution >= 0.6 is 0 Å². The molecule has 38 heavy (non-hydrogen) atoms. The predicted octanol–water partition coefficient (Wildman–Crippen LogP) is 4.06. The van der Waals surface area contributed by atoms with Crippen LogP contribution in [0.3, 0.4) is 0 Å². The number of ether oxygens (including phenoxy) is 2. The summed E-state index contributed by atoms with van der Waals surface area (Å²) in [5, 5.41) is 13.5. The first-order chi connectivity index (χ1) is 18.1. The number of benzene rings is 1. The molecule has 4 rings (SSSR count). The number of esters is 2. The summed E-state index contributed by atoms with van der Waals surface area (Å²) in [6.45, 7) is 9.72. The second-order valence-corrected chi connectivity index (χ2v) is 11.1. The van der Waals surface area contributed by atoms with E-state index in [4.69, 9.17) is 9.47 Å². The molecule has 1 saturated heterocycles. The number of carbonyl (C=O) groups excluding carboxylic acids is 3. The normalized spacial score (nSPS) is 37.6. The molecular weight excluding hydrogens is 482 g/mol. The van der Waals surface area contributed by atoms with E-state index in [0.717, 1.165) is 24.8 Å². The molecule has 2 fully saturated rings. The molecule has 2 N–H and O–H groups in total. The van der Waals surface area contributed by atoms with Crippen molar-refractivity contribution < 1.29 is 29.0 Å². The Kier molecular flexibility index (Phi) is 8.56. The van der Waals surface area contributed by atoms with Crippen molar-refractivity contribution in [3.8, 4) is 0 Å². The van der Waals surface area contributed by atoms with Gasteiger partial charge >= 0.3 is 11.9 Å². The fraction of sp³-hybridized carbons (Fsp3) is 0.516. The van der Waals surface area contributed by atoms with Crippen molar-refractivity contribution in [2.45, 2.75) is 76.7 Å². The van der Waals surface area contributed by atoms with Gasteiger partial charge in [0.25, 0.3) is 5.91 Å². The molecule has 0 radical (unpaired) electrons. The Hall–Kier alpha value is -3.19. The monoisotopic (exact) mass is 521 g/mol. The molecule has 2 unspecified atom stereocenters. The third-order valence-electron chi connectivity index (χ3n) is 8.30. The zero-order valence-electron chi connectivity index (χ0n) is 22.5. The van der Waals surface area contributed by atoms with E-state index in [1.807, 2.05) is 49.4 Å². The molecule has 3 aliphatic rings. The van der Waals surface area contributed by atoms with Gasteiger partial charge in [-0.3, -0.25) is 9.59 Å². The van der Waals surface area contributed by atoms with Crippen molar-refractivity contribution in [2.75, 3.05) is 0 Å². The quantitative estimate of drug-likeness (QED) is 0.460. The molecule has 7 nitrogen and oxygen atoms in total. The fourth-order valence-electron chi connectivity index (χ4n) is 6.40. The van der Waals surface area contributed by atoms with Crippen molar-refractivity contribution in [1.29, 1.82) is 0 Å². The number of carbonyl (C=O) groups is 3. The van der Waals surface area contributed by atoms with E-state index in [1.54, 1.807) is 0 Å². The summed E-state index contributed by atoms with van der Waals surface area (Å²) in [6.07, 6.45) is 8.47. The van der Waals surface area contributed by atoms with Gasteiger partial charge in [-0.15, -0.1) is 0 Å². The Morgan fingerprint density at radius 1 is 1.18 bits per heavy atom. The minimum absolute atomic E-state index is 0.295. The number of hydrogen-bond donors (Lipinski definition) is 2. The Morgan fingerprint density at radius 3 is 2.63 bits per heavy atom. The molecular formula is C31H39NO6. The molecule has 0 bridgehead atoms. The Morgan fingerprint density at radius 2 is 1.92 bits per heavy atom. The average molecular weight is 522 g/mol. The van der Waals surface area contributed by atoms with E-state index in [-0.39, 0.29) is 12.0 Å². The van der Waals surface area contributed by atoms with Crippen molar-refractivity contribution in [3.05, 3.63) is 72.4 Å². The van der Waals surface area contributed by atoms with Crippen LogP contribution in [0.4, 0.5) is 0 Å². The van der Waals surface area contributed by atoms with Crippen molar-refractivity contribution in [1.82, 2.24) is 5.32 Å². The third-order valence-corrected chi connectivity index (χ3v) is 8.30. The summed E-state index contributed by atoms with van der Waals surface area (Å²) >= 11 is 0. The SMILES string of the molecule is C=C1[C@@H](C)C2[C@H](Cc3ccccc3)NC(=O)[C@]23OC(=O)/C=C/[C@H](O)CCC[C@@H](C)C/C=C/C3[C@@H]1OC(C)=O. The van der Waals surface area contributed by atoms with Gasteiger partial charge < -0.3 is 19.9 Å². The van der Waals surface area contributed by atoms with Gasteiger partial charge in [0, 0.05) is 25.0 Å². The number of aliphatic hydroxyl groups excluding tert-OH is 1. The molecule has 7 heteroatoms. The summed E-state index contributed by atoms with van der Waals surface area (Å²) < 4.78 is 11.9. The lowest BCUT2D eigenvalue weighted by Crippen LogP contribution is -2.62. The Labute approximate surface area is 225 Å². The molecule has 0 aromatic heterocycles. The van der Waals surface area contributed by atoms with Gasteiger partial charge in [0.15, 0.2) is 0 Å². The van der Waals surface area contributed by atoms with Crippen LogP contribution in [-0.4, -0.2) is 46.8 Å². The first-order valence-corrected chi connectivity index (χ1v) is 13.6. The van der Waals surface area contributed by atoms with Crippen LogP contribution in [0.2, 0.25) is 0 Å². The zero-order valence-corrected chi connectivity index (χ0v) is 22.5. The molecule has 2 aliphatic heterocycles. The lowest BCUT2D eigenvalue weighted by molar-refractivity contribution is -0.186. The van der Waals surface area contributed by atoms with Crippen LogP contribution < -0.4 is 5.32 Å². The lowest BCUT2D eigenvalue weighted by Gasteiger charge is -2.49. The fourth-order valence-corrected chi connectivity index (χ4v) is 6.40. The molecule has 1 aromatic carbocycles. The maximum Gasteiger partial charge on any atom is 0.331 e. The van der Waals surface area contributed by atoms with Gasteiger partial charge in [0.2, 0.25) is 5.60 Å². The van der Waals surface area contributed by atoms with Crippen LogP contribution in [0.15, 0.2) is 66.8 Å². The van der Waals surface area contributed by atoms with E-state index < -0.39 is 47.5 Å². The number of amides is 1. The first kappa shape index (κ1) is 27.8. The summed E-state index contributed by atoms with van der Waals surface area (Å²) in [4.78, 5) is 39.4. The van der Waals surface area contributed by atoms with Gasteiger partial charge in [-0.1, -0.05) is 75.8 Å². The highest BCUT2D eigenvalue weighted by molar-refractivity contribution is 5.94. The van der Waals surface area contributed by atoms with Crippen LogP contribution in [0.25, 0.3) is 0 Å². The third kappa shape index (κ3) is 5.63. The van der Waals surface area contributed by atoms with E-state index >= 15 is 0 Å². The van der Waals surface area contributed by atoms with Gasteiger partial charge in [-0.2, -0.15) is 0 Å². The van der Waals surface area contributed by atoms with Crippen LogP contribution in [0.1, 0.15) is 52.0 Å². The number of rotatable bonds is 3. The molecule has 1 amide bonds. The van der Waals surface area contributed by atoms with Crippen LogP contribution in [0.5, 0.6) is 0 Å². The molecule has 2 heterocycles. The highest BCUT2D eigenvalue weighted by atomic mass is 16.6. The minimum Gasteiger partial charge on any atom is -0.457 e. The highest BCUT2D eigenvalue weighted by Gasteiger charge is 2.68. The molecule has 204 valence electrons. The van der Waals surface area contributed by atoms with Crippen molar-refractivity contribution >= 4 is 17.8 Å². The van der Waals surface area contributed by atoms with Crippen molar-refractivity contribution in [3.63, 3.8) is 0 Å². The topological polar surface area (TPSA) is 102 Å². The van der Waals surface area contributed by atoms with E-state index in [0.29, 0.717) is 24.3 Å². The zero-order chi connectivity index (χ0) is 27.4. The number of allylic oxidation sites excluding steroid dienone is 1. The smallest absolute Gasteiger partial charge is 0.331 e. The van der Waals surface area contributed by atoms with Gasteiger partial charge in [0.1, 0.15) is 6.10 Å². The summed E-state index contributed by atoms with van der Waals surface area (Å²) in [7, 11) is 0. The highest BCUT2D eigenvalue weighted by Crippen LogP contribution is 2.53. The summed E-state index contributed by atoms with van der Waals surface area (Å²) in [5.41, 5.74) is 0.128. The Bertz CT molecular complexity index is 1110. The predicted molar refractivity (Wildman–Crippen MR) is 144 cm³/mol. The largest absolute Gasteiger partial charge is 0.457 e. The summed E-state index contributed by atoms with van der Waals surface area (Å²) in [6, 6.07) is 9.52. The average Bonchev–Trinajstić information content (AvgIpc) is 3.14. The number of aliphatic hydroxyl groups is 1. The van der Waals surface area contributed by atoms with Gasteiger partial charge in [-0.05, 0) is 48.3 Å². The maximum absolute atomic E-state index is 14.0. The molecule has 1 aliphatic carbocycles. The van der Waals surface area contributed by atoms with E-state index in [2.05, 4.69) is 18.8 Å². The standard InChI is InChI=1S/C31H39NO6/c1-19-10-8-14-24(34)16-17-27(35)38-31-25(15-9-11-19)29(37-22(4)33)21(3)20(2)28(31)26(32-30(31)36)18-23-12-6-5-7-13-23/h5-7,9,12-13,15-17,19-20,24-26,28-29,34H,3,8,10-11,14,18H2,1-2,4H3,(H,32,36)/b15-9+,17-16+/t19-,20-,24-,25?,26+,28?,29-,31-/m1/s1. The second-order valence-electron chi connectivity index (χ2n) is 11.1. The minimum atomic E-state index is -1.61. The van der Waals surface area contributed by atoms with Gasteiger partial charge in [0.05, 0.1) is 12.0 Å². The molecule has 8 atom stereocenters. The second kappa shape index (κ2) is 11.7. The van der Waals surface area contributed by atoms with Crippen LogP contribution in [-0.2, 0) is 30.3 Å². The van der Waals surface area contributed by atoms with E-state index in [9.17, 15) is 19.5 Å². The molecule has 1 saturated carbocycles. The van der Waals surface area contributed by atoms with Gasteiger partial charge in [-0.25, -0.2) is 4.79 Å². The molecule has 1 spiro atoms. The summed E-state index contributed by atoms with van der Waals surface area (Å²) in [5.74, 6) is -2.76. The number of nitrogens with one attached hydrogen (secondary N) is 1. The first-order valence-electron chi connectivity index (χ1n) is 13.6. The van der Waals surface area contributed by atoms with E-state index in [1.165, 1.54) is 19.1 Å². The molecule has 1 aromatic rings. The number of hydrogen-bond acceptors (Lipinski definition) is 6. The Balaban J connectivity index is 1.84. The van der Waals surface area contributed by atoms with Crippen LogP contribution in [0, 0.1) is 23.7 Å². The van der Waals surface area contributed by atoms with Crippen molar-refractivity contribution in [2.24, 2.45) is 23.7 Å². The maximum atomic E-state index is 14.0. The lowest BCUT2D eigenvalue weighted by atomic mass is 9.59.